The molecule has 2 rings (SSSR count). The van der Waals surface area contributed by atoms with E-state index in [0.29, 0.717) is 17.2 Å². The molecule has 0 saturated heterocycles. The second kappa shape index (κ2) is 5.71. The Hall–Kier alpha value is -2.08. The van der Waals surface area contributed by atoms with Crippen molar-refractivity contribution in [3.8, 4) is 11.6 Å². The molecule has 19 heavy (non-hydrogen) atoms. The molecular weight excluding hydrogens is 310 g/mol. The minimum absolute atomic E-state index is 0.0456. The summed E-state index contributed by atoms with van der Waals surface area (Å²) >= 11 is 3.38. The first-order chi connectivity index (χ1) is 9.11. The Balaban J connectivity index is 2.41. The lowest BCUT2D eigenvalue weighted by Crippen LogP contribution is -2.14. The van der Waals surface area contributed by atoms with Gasteiger partial charge >= 0.3 is 0 Å². The highest BCUT2D eigenvalue weighted by atomic mass is 79.9. The van der Waals surface area contributed by atoms with Crippen molar-refractivity contribution in [2.24, 2.45) is 10.9 Å². The zero-order valence-corrected chi connectivity index (χ0v) is 11.8. The average molecular weight is 322 g/mol. The highest BCUT2D eigenvalue weighted by Gasteiger charge is 2.11. The van der Waals surface area contributed by atoms with Crippen molar-refractivity contribution >= 4 is 21.8 Å². The molecular formula is C13H12BrN3O2. The number of hydrogen-bond acceptors (Lipinski definition) is 4. The van der Waals surface area contributed by atoms with Gasteiger partial charge in [-0.1, -0.05) is 27.2 Å². The zero-order valence-electron chi connectivity index (χ0n) is 10.2. The van der Waals surface area contributed by atoms with Crippen LogP contribution in [0.1, 0.15) is 11.1 Å². The minimum atomic E-state index is -0.0456. The Morgan fingerprint density at radius 3 is 2.95 bits per heavy atom. The molecule has 98 valence electrons. The molecule has 0 bridgehead atoms. The Morgan fingerprint density at radius 1 is 1.42 bits per heavy atom. The molecule has 0 radical (unpaired) electrons. The first kappa shape index (κ1) is 13.4. The second-order valence-electron chi connectivity index (χ2n) is 3.85. The fraction of sp³-hybridized carbons (Fsp3) is 0.0769. The standard InChI is InChI=1S/C13H12BrN3O2/c1-8-4-5-9(14)7-11(8)19-13-10(12(15)17-18)3-2-6-16-13/h2-7,18H,1H3,(H2,15,17). The molecule has 0 unspecified atom stereocenters. The van der Waals surface area contributed by atoms with E-state index in [0.717, 1.165) is 10.0 Å². The number of hydrogen-bond donors (Lipinski definition) is 2. The van der Waals surface area contributed by atoms with Gasteiger partial charge in [0.2, 0.25) is 5.88 Å². The van der Waals surface area contributed by atoms with Crippen LogP contribution in [-0.2, 0) is 0 Å². The Labute approximate surface area is 118 Å². The number of pyridine rings is 1. The summed E-state index contributed by atoms with van der Waals surface area (Å²) in [5.41, 5.74) is 6.98. The summed E-state index contributed by atoms with van der Waals surface area (Å²) in [6.07, 6.45) is 1.58. The Kier molecular flexibility index (Phi) is 4.01. The molecule has 5 nitrogen and oxygen atoms in total. The lowest BCUT2D eigenvalue weighted by Gasteiger charge is -2.11. The molecule has 0 fully saturated rings. The van der Waals surface area contributed by atoms with Gasteiger partial charge in [0.1, 0.15) is 5.75 Å². The van der Waals surface area contributed by atoms with Crippen molar-refractivity contribution in [2.75, 3.05) is 0 Å². The topological polar surface area (TPSA) is 80.7 Å². The fourth-order valence-corrected chi connectivity index (χ4v) is 1.85. The summed E-state index contributed by atoms with van der Waals surface area (Å²) in [6, 6.07) is 9.04. The molecule has 6 heteroatoms. The smallest absolute Gasteiger partial charge is 0.230 e. The van der Waals surface area contributed by atoms with Gasteiger partial charge in [0.15, 0.2) is 5.84 Å². The number of nitrogens with two attached hydrogens (primary N) is 1. The van der Waals surface area contributed by atoms with E-state index in [-0.39, 0.29) is 5.84 Å². The van der Waals surface area contributed by atoms with Crippen molar-refractivity contribution in [3.63, 3.8) is 0 Å². The number of oxime groups is 1. The fourth-order valence-electron chi connectivity index (χ4n) is 1.51. The van der Waals surface area contributed by atoms with E-state index in [1.54, 1.807) is 18.3 Å². The highest BCUT2D eigenvalue weighted by molar-refractivity contribution is 9.10. The molecule has 2 aromatic rings. The Bertz CT molecular complexity index is 629. The number of amidine groups is 1. The molecule has 0 saturated carbocycles. The number of aryl methyl sites for hydroxylation is 1. The van der Waals surface area contributed by atoms with Gasteiger partial charge in [0, 0.05) is 10.7 Å². The van der Waals surface area contributed by atoms with Gasteiger partial charge in [-0.15, -0.1) is 0 Å². The summed E-state index contributed by atoms with van der Waals surface area (Å²) in [6.45, 7) is 1.92. The van der Waals surface area contributed by atoms with Gasteiger partial charge in [-0.2, -0.15) is 0 Å². The van der Waals surface area contributed by atoms with Crippen LogP contribution >= 0.6 is 15.9 Å². The number of benzene rings is 1. The number of rotatable bonds is 3. The third-order valence-electron chi connectivity index (χ3n) is 2.51. The van der Waals surface area contributed by atoms with Crippen molar-refractivity contribution in [3.05, 3.63) is 52.1 Å². The van der Waals surface area contributed by atoms with E-state index >= 15 is 0 Å². The predicted molar refractivity (Wildman–Crippen MR) is 75.7 cm³/mol. The lowest BCUT2D eigenvalue weighted by atomic mass is 10.2. The van der Waals surface area contributed by atoms with E-state index in [1.165, 1.54) is 0 Å². The van der Waals surface area contributed by atoms with E-state index in [9.17, 15) is 0 Å². The summed E-state index contributed by atoms with van der Waals surface area (Å²) < 4.78 is 6.63. The maximum absolute atomic E-state index is 8.75. The predicted octanol–water partition coefficient (Wildman–Crippen LogP) is 3.04. The van der Waals surface area contributed by atoms with Crippen LogP contribution in [0, 0.1) is 6.92 Å². The summed E-state index contributed by atoms with van der Waals surface area (Å²) in [5, 5.41) is 11.7. The molecule has 1 heterocycles. The quantitative estimate of drug-likeness (QED) is 0.394. The SMILES string of the molecule is Cc1ccc(Br)cc1Oc1ncccc1/C(N)=N/O. The van der Waals surface area contributed by atoms with Crippen LogP contribution in [0.3, 0.4) is 0 Å². The average Bonchev–Trinajstić information content (AvgIpc) is 2.42. The van der Waals surface area contributed by atoms with Crippen molar-refractivity contribution in [1.82, 2.24) is 4.98 Å². The first-order valence-corrected chi connectivity index (χ1v) is 6.28. The van der Waals surface area contributed by atoms with Crippen LogP contribution in [0.25, 0.3) is 0 Å². The largest absolute Gasteiger partial charge is 0.438 e. The van der Waals surface area contributed by atoms with E-state index < -0.39 is 0 Å². The van der Waals surface area contributed by atoms with E-state index in [4.69, 9.17) is 15.7 Å². The van der Waals surface area contributed by atoms with Gasteiger partial charge in [-0.25, -0.2) is 4.98 Å². The van der Waals surface area contributed by atoms with Crippen LogP contribution < -0.4 is 10.5 Å². The molecule has 1 aromatic heterocycles. The molecule has 1 aromatic carbocycles. The summed E-state index contributed by atoms with van der Waals surface area (Å²) in [7, 11) is 0. The van der Waals surface area contributed by atoms with Gasteiger partial charge in [-0.05, 0) is 36.8 Å². The molecule has 0 atom stereocenters. The third-order valence-corrected chi connectivity index (χ3v) is 3.00. The van der Waals surface area contributed by atoms with Crippen LogP contribution in [-0.4, -0.2) is 16.0 Å². The minimum Gasteiger partial charge on any atom is -0.438 e. The van der Waals surface area contributed by atoms with E-state index in [1.807, 2.05) is 25.1 Å². The van der Waals surface area contributed by atoms with Crippen molar-refractivity contribution < 1.29 is 9.94 Å². The number of nitrogens with zero attached hydrogens (tertiary/aromatic N) is 2. The van der Waals surface area contributed by atoms with E-state index in [2.05, 4.69) is 26.1 Å². The van der Waals surface area contributed by atoms with Gasteiger partial charge < -0.3 is 15.7 Å². The summed E-state index contributed by atoms with van der Waals surface area (Å²) in [5.74, 6) is 0.898. The van der Waals surface area contributed by atoms with Crippen LogP contribution in [0.5, 0.6) is 11.6 Å². The van der Waals surface area contributed by atoms with Gasteiger partial charge in [-0.3, -0.25) is 0 Å². The monoisotopic (exact) mass is 321 g/mol. The number of aromatic nitrogens is 1. The normalized spacial score (nSPS) is 11.4. The molecule has 0 amide bonds. The zero-order chi connectivity index (χ0) is 13.8. The molecule has 0 spiro atoms. The Morgan fingerprint density at radius 2 is 2.21 bits per heavy atom. The number of halogens is 1. The second-order valence-corrected chi connectivity index (χ2v) is 4.77. The first-order valence-electron chi connectivity index (χ1n) is 5.48. The third kappa shape index (κ3) is 3.03. The molecule has 0 aliphatic carbocycles. The van der Waals surface area contributed by atoms with Gasteiger partial charge in [0.05, 0.1) is 5.56 Å². The highest BCUT2D eigenvalue weighted by Crippen LogP contribution is 2.28. The maximum atomic E-state index is 8.75. The van der Waals surface area contributed by atoms with Crippen LogP contribution in [0.2, 0.25) is 0 Å². The van der Waals surface area contributed by atoms with Gasteiger partial charge in [0.25, 0.3) is 0 Å². The molecule has 0 aliphatic heterocycles. The van der Waals surface area contributed by atoms with Crippen LogP contribution in [0.15, 0.2) is 46.2 Å². The van der Waals surface area contributed by atoms with Crippen LogP contribution in [0.4, 0.5) is 0 Å². The van der Waals surface area contributed by atoms with Crippen molar-refractivity contribution in [1.29, 1.82) is 0 Å². The van der Waals surface area contributed by atoms with Crippen molar-refractivity contribution in [2.45, 2.75) is 6.92 Å². The molecule has 0 aliphatic rings. The number of ether oxygens (including phenoxy) is 1. The lowest BCUT2D eigenvalue weighted by molar-refractivity contribution is 0.318. The summed E-state index contributed by atoms with van der Waals surface area (Å²) in [4.78, 5) is 4.10. The maximum Gasteiger partial charge on any atom is 0.230 e. The molecule has 3 N–H and O–H groups in total.